The van der Waals surface area contributed by atoms with Crippen LogP contribution < -0.4 is 63.8 Å². The van der Waals surface area contributed by atoms with Crippen LogP contribution in [0, 0.1) is 0 Å². The van der Waals surface area contributed by atoms with Gasteiger partial charge in [-0.2, -0.15) is 0 Å². The van der Waals surface area contributed by atoms with E-state index < -0.39 is 246 Å². The lowest BCUT2D eigenvalue weighted by atomic mass is 10.0. The molecule has 0 bridgehead atoms. The molecule has 0 saturated carbocycles. The van der Waals surface area contributed by atoms with Crippen LogP contribution in [0.4, 0.5) is 4.79 Å². The third kappa shape index (κ3) is 64.2. The third-order valence-electron chi connectivity index (χ3n) is 18.0. The van der Waals surface area contributed by atoms with E-state index in [0.29, 0.717) is 56.8 Å². The Morgan fingerprint density at radius 2 is 0.579 bits per heavy atom. The molecule has 0 aromatic heterocycles. The second-order valence-electron chi connectivity index (χ2n) is 39.2. The number of ether oxygens (including phenoxy) is 8. The maximum Gasteiger partial charge on any atom is 0.408 e. The number of unbranched alkanes of at least 4 members (excludes halogenated alkanes) is 6. The molecule has 0 spiro atoms. The van der Waals surface area contributed by atoms with E-state index in [0.717, 1.165) is 0 Å². The standard InChI is InChI=1S/C93H152N12O28/c1-87(2,3)127-76(115)50-43-65(83(122)130-90(10,11)12)101-71(110)36-28-23-31-53-94-68(107)46-39-61(58-106)99-74(113)49-42-64(105-81(120)63(100-75(114)56-98-86(125)133-93(19,20)21)41-48-70(109)97-57-79(118)126-59-60-34-26-22-27-35-60)82(121)104-62(80(119)96-55-33-25-30-38-73(112)103-67(85(124)132-92(16,17)18)45-52-78(117)129-89(7,8)9)40-47-69(108)95-54-32-24-29-37-72(111)102-66(84(123)131-91(13,14)15)44-51-77(116)128-88(4,5)6/h22,26-27,34-35,58,61-67H,23-25,28-33,36-57,59H2,1-21H3,(H,94,107)(H,95,108)(H,96,119)(H,97,109)(H,98,125)(H,99,113)(H,100,114)(H,101,110)(H,102,111)(H,103,112)(H,104,121)(H,105,120). The Morgan fingerprint density at radius 1 is 0.271 bits per heavy atom. The van der Waals surface area contributed by atoms with Gasteiger partial charge in [0.15, 0.2) is 0 Å². The number of benzene rings is 1. The van der Waals surface area contributed by atoms with Gasteiger partial charge in [0.1, 0.15) is 101 Å². The molecule has 0 saturated heterocycles. The summed E-state index contributed by atoms with van der Waals surface area (Å²) in [6, 6.07) is -1.38. The number of amides is 12. The fourth-order valence-electron chi connectivity index (χ4n) is 12.0. The zero-order valence-electron chi connectivity index (χ0n) is 82.1. The van der Waals surface area contributed by atoms with Crippen LogP contribution in [0.5, 0.6) is 0 Å². The first-order valence-corrected chi connectivity index (χ1v) is 45.7. The molecule has 0 aliphatic rings. The van der Waals surface area contributed by atoms with Gasteiger partial charge >= 0.3 is 47.9 Å². The van der Waals surface area contributed by atoms with Crippen molar-refractivity contribution in [2.75, 3.05) is 32.7 Å². The molecule has 0 aliphatic heterocycles. The highest BCUT2D eigenvalue weighted by Gasteiger charge is 2.36. The SMILES string of the molecule is CC(C)(C)OC(=O)CCC(NC(=O)CCCCCNC(=O)CCC(C=O)NC(=O)CCC(NC(=O)C(CCC(=O)NCC(=O)OCc1ccccc1)NC(=O)CNC(=O)OC(C)(C)C)C(=O)NC(CCC(=O)NCCCCCC(=O)NC(CCC(=O)OC(C)(C)C)C(=O)OC(C)(C)C)C(=O)NCCCCCC(=O)NC(CCC(=O)OC(C)(C)C)C(=O)OC(C)(C)C)C(=O)OC(C)(C)C. The molecule has 7 unspecified atom stereocenters. The van der Waals surface area contributed by atoms with E-state index in [9.17, 15) is 91.1 Å². The van der Waals surface area contributed by atoms with Crippen LogP contribution in [0.2, 0.25) is 0 Å². The van der Waals surface area contributed by atoms with E-state index in [4.69, 9.17) is 37.9 Å². The monoisotopic (exact) mass is 1890 g/mol. The highest BCUT2D eigenvalue weighted by Crippen LogP contribution is 2.20. The van der Waals surface area contributed by atoms with Crippen molar-refractivity contribution in [2.45, 2.75) is 400 Å². The molecule has 752 valence electrons. The summed E-state index contributed by atoms with van der Waals surface area (Å²) in [6.07, 6.45) is -2.50. The van der Waals surface area contributed by atoms with Gasteiger partial charge < -0.3 is 106 Å². The van der Waals surface area contributed by atoms with E-state index in [1.54, 1.807) is 176 Å². The van der Waals surface area contributed by atoms with E-state index >= 15 is 4.79 Å². The highest BCUT2D eigenvalue weighted by molar-refractivity contribution is 5.96. The summed E-state index contributed by atoms with van der Waals surface area (Å²) >= 11 is 0. The Balaban J connectivity index is 3.72. The number of hydrogen-bond donors (Lipinski definition) is 12. The lowest BCUT2D eigenvalue weighted by molar-refractivity contribution is -0.161. The Bertz CT molecular complexity index is 3980. The van der Waals surface area contributed by atoms with Gasteiger partial charge in [-0.05, 0) is 234 Å². The molecule has 0 fully saturated rings. The molecule has 0 aliphatic carbocycles. The third-order valence-corrected chi connectivity index (χ3v) is 18.0. The molecule has 1 aromatic rings. The lowest BCUT2D eigenvalue weighted by Crippen LogP contribution is -2.57. The number of aldehydes is 1. The van der Waals surface area contributed by atoms with Gasteiger partial charge in [0, 0.05) is 83.8 Å². The summed E-state index contributed by atoms with van der Waals surface area (Å²) in [5.41, 5.74) is -5.46. The van der Waals surface area contributed by atoms with Gasteiger partial charge in [-0.25, -0.2) is 19.2 Å². The van der Waals surface area contributed by atoms with E-state index in [1.807, 2.05) is 0 Å². The van der Waals surface area contributed by atoms with Crippen LogP contribution in [0.15, 0.2) is 30.3 Å². The average Bonchev–Trinajstić information content (AvgIpc) is 0.876. The molecule has 1 aromatic carbocycles. The summed E-state index contributed by atoms with van der Waals surface area (Å²) < 4.78 is 43.2. The van der Waals surface area contributed by atoms with Crippen LogP contribution in [-0.4, -0.2) is 233 Å². The van der Waals surface area contributed by atoms with Crippen molar-refractivity contribution in [1.29, 1.82) is 0 Å². The van der Waals surface area contributed by atoms with Gasteiger partial charge in [-0.1, -0.05) is 49.6 Å². The van der Waals surface area contributed by atoms with Crippen molar-refractivity contribution in [2.24, 2.45) is 0 Å². The van der Waals surface area contributed by atoms with Crippen molar-refractivity contribution >= 4 is 119 Å². The van der Waals surface area contributed by atoms with Crippen LogP contribution in [0.3, 0.4) is 0 Å². The van der Waals surface area contributed by atoms with Crippen LogP contribution in [-0.2, 0) is 136 Å². The molecule has 7 atom stereocenters. The van der Waals surface area contributed by atoms with Gasteiger partial charge in [0.05, 0.1) is 6.04 Å². The smallest absolute Gasteiger partial charge is 0.408 e. The fourth-order valence-corrected chi connectivity index (χ4v) is 12.0. The Hall–Kier alpha value is -11.4. The molecule has 40 nitrogen and oxygen atoms in total. The number of hydrogen-bond acceptors (Lipinski definition) is 28. The molecule has 12 N–H and O–H groups in total. The maximum absolute atomic E-state index is 15.0. The molecule has 12 amide bonds. The van der Waals surface area contributed by atoms with Crippen LogP contribution in [0.1, 0.15) is 318 Å². The number of carbonyl (C=O) groups excluding carboxylic acids is 20. The first-order chi connectivity index (χ1) is 61.6. The van der Waals surface area contributed by atoms with Crippen molar-refractivity contribution in [3.05, 3.63) is 35.9 Å². The molecular formula is C93H152N12O28. The Labute approximate surface area is 782 Å². The number of rotatable bonds is 59. The maximum atomic E-state index is 15.0. The van der Waals surface area contributed by atoms with Crippen molar-refractivity contribution in [3.8, 4) is 0 Å². The minimum Gasteiger partial charge on any atom is -0.460 e. The average molecular weight is 1890 g/mol. The normalized spacial score (nSPS) is 13.3. The van der Waals surface area contributed by atoms with E-state index in [1.165, 1.54) is 0 Å². The molecule has 40 heteroatoms. The van der Waals surface area contributed by atoms with Crippen LogP contribution in [0.25, 0.3) is 0 Å². The number of alkyl carbamates (subject to hydrolysis) is 1. The first kappa shape index (κ1) is 120. The topological polar surface area (TPSA) is 560 Å². The molecule has 1 rings (SSSR count). The summed E-state index contributed by atoms with van der Waals surface area (Å²) in [5.74, 6) is -13.4. The van der Waals surface area contributed by atoms with Gasteiger partial charge in [-0.15, -0.1) is 0 Å². The number of carbonyl (C=O) groups is 20. The summed E-state index contributed by atoms with van der Waals surface area (Å²) in [5, 5.41) is 30.7. The minimum atomic E-state index is -1.85. The molecule has 133 heavy (non-hydrogen) atoms. The molecular weight excluding hydrogens is 1730 g/mol. The zero-order valence-corrected chi connectivity index (χ0v) is 82.1. The quantitative estimate of drug-likeness (QED) is 0.0143. The Kier molecular flexibility index (Phi) is 54.0. The predicted molar refractivity (Wildman–Crippen MR) is 487 cm³/mol. The number of nitrogens with one attached hydrogen (secondary N) is 12. The summed E-state index contributed by atoms with van der Waals surface area (Å²) in [4.78, 5) is 267. The van der Waals surface area contributed by atoms with Crippen LogP contribution >= 0.6 is 0 Å². The van der Waals surface area contributed by atoms with Crippen molar-refractivity contribution < 1.29 is 134 Å². The molecule has 0 radical (unpaired) electrons. The Morgan fingerprint density at radius 3 is 0.940 bits per heavy atom. The largest absolute Gasteiger partial charge is 0.460 e. The first-order valence-electron chi connectivity index (χ1n) is 45.7. The zero-order chi connectivity index (χ0) is 101. The van der Waals surface area contributed by atoms with E-state index in [2.05, 4.69) is 63.8 Å². The minimum absolute atomic E-state index is 0.00580. The lowest BCUT2D eigenvalue weighted by Gasteiger charge is -2.26. The second kappa shape index (κ2) is 60.0. The van der Waals surface area contributed by atoms with E-state index in [-0.39, 0.29) is 110 Å². The fraction of sp³-hybridized carbons (Fsp3) is 0.720. The summed E-state index contributed by atoms with van der Waals surface area (Å²) in [7, 11) is 0. The summed E-state index contributed by atoms with van der Waals surface area (Å²) in [6.45, 7) is 33.4. The van der Waals surface area contributed by atoms with Gasteiger partial charge in [0.2, 0.25) is 65.0 Å². The van der Waals surface area contributed by atoms with Gasteiger partial charge in [-0.3, -0.25) is 71.9 Å². The van der Waals surface area contributed by atoms with Gasteiger partial charge in [0.25, 0.3) is 0 Å². The van der Waals surface area contributed by atoms with Crippen molar-refractivity contribution in [3.63, 3.8) is 0 Å². The van der Waals surface area contributed by atoms with Crippen molar-refractivity contribution in [1.82, 2.24) is 63.8 Å². The predicted octanol–water partition coefficient (Wildman–Crippen LogP) is 6.50. The number of esters is 7. The highest BCUT2D eigenvalue weighted by atomic mass is 16.6. The second-order valence-corrected chi connectivity index (χ2v) is 39.2. The molecule has 0 heterocycles.